The highest BCUT2D eigenvalue weighted by atomic mass is 16.5. The molecule has 81 heavy (non-hydrogen) atoms. The first kappa shape index (κ1) is 69.8. The lowest BCUT2D eigenvalue weighted by molar-refractivity contribution is -0.119. The molecule has 6 aromatic rings. The molecule has 0 aliphatic rings. The molecule has 0 heterocycles. The third-order valence-electron chi connectivity index (χ3n) is 9.78. The van der Waals surface area contributed by atoms with E-state index in [0.29, 0.717) is 150 Å². The number of benzene rings is 6. The summed E-state index contributed by atoms with van der Waals surface area (Å²) in [6.45, 7) is 14.8. The van der Waals surface area contributed by atoms with Crippen molar-refractivity contribution in [2.75, 3.05) is 141 Å². The summed E-state index contributed by atoms with van der Waals surface area (Å²) in [5.41, 5.74) is 75.5. The van der Waals surface area contributed by atoms with Crippen LogP contribution in [-0.2, 0) is 14.3 Å². The lowest BCUT2D eigenvalue weighted by atomic mass is 10.2. The number of nitrogens with two attached hydrogens (primary N) is 12. The number of rotatable bonds is 22. The molecule has 0 radical (unpaired) electrons. The molecule has 0 aromatic heterocycles. The number of carbonyl (C=O) groups is 2. The van der Waals surface area contributed by atoms with Gasteiger partial charge in [0.2, 0.25) is 5.91 Å². The average Bonchev–Trinajstić information content (AvgIpc) is 3.39. The Kier molecular flexibility index (Phi) is 33.7. The summed E-state index contributed by atoms with van der Waals surface area (Å²) in [4.78, 5) is 21.3. The van der Waals surface area contributed by atoms with E-state index < -0.39 is 0 Å². The van der Waals surface area contributed by atoms with Gasteiger partial charge in [-0.15, -0.1) is 0 Å². The summed E-state index contributed by atoms with van der Waals surface area (Å²) in [6, 6.07) is 29.5. The number of methoxy groups -OCH3 is 1. The van der Waals surface area contributed by atoms with Gasteiger partial charge in [0.05, 0.1) is 72.3 Å². The van der Waals surface area contributed by atoms with E-state index in [1.54, 1.807) is 98.1 Å². The van der Waals surface area contributed by atoms with Crippen LogP contribution in [0.5, 0.6) is 34.5 Å². The zero-order valence-electron chi connectivity index (χ0n) is 47.7. The maximum absolute atomic E-state index is 10.7. The van der Waals surface area contributed by atoms with Crippen LogP contribution in [0.1, 0.15) is 46.6 Å². The van der Waals surface area contributed by atoms with Gasteiger partial charge < -0.3 is 118 Å². The Hall–Kier alpha value is -9.26. The van der Waals surface area contributed by atoms with Gasteiger partial charge in [-0.25, -0.2) is 0 Å². The number of Topliss-reactive ketones (excluding diaryl/α,β-unsaturated/α-hetero) is 1. The van der Waals surface area contributed by atoms with Gasteiger partial charge in [-0.05, 0) is 143 Å². The summed E-state index contributed by atoms with van der Waals surface area (Å²) in [7, 11) is 1.62. The Balaban J connectivity index is 0.000000487. The number of aliphatic hydroxyl groups excluding tert-OH is 1. The molecule has 24 nitrogen and oxygen atoms in total. The number of hydrogen-bond donors (Lipinski definition) is 15. The molecule has 0 fully saturated rings. The number of ether oxygens (including phenoxy) is 7. The second kappa shape index (κ2) is 39.2. The van der Waals surface area contributed by atoms with Crippen LogP contribution in [0, 0.1) is 6.92 Å². The van der Waals surface area contributed by atoms with Crippen molar-refractivity contribution >= 4 is 79.9 Å². The molecule has 6 rings (SSSR count). The number of nitrogens with one attached hydrogen (secondary N) is 2. The zero-order valence-corrected chi connectivity index (χ0v) is 47.7. The van der Waals surface area contributed by atoms with Crippen LogP contribution in [0.4, 0.5) is 68.2 Å². The summed E-state index contributed by atoms with van der Waals surface area (Å²) in [5, 5.41) is 14.2. The number of nitrogen functional groups attached to an aromatic ring is 11. The summed E-state index contributed by atoms with van der Waals surface area (Å²) in [6.07, 6.45) is 1.07. The van der Waals surface area contributed by atoms with Crippen molar-refractivity contribution in [1.29, 1.82) is 0 Å². The van der Waals surface area contributed by atoms with Crippen molar-refractivity contribution < 1.29 is 47.9 Å². The Labute approximate surface area is 476 Å². The third kappa shape index (κ3) is 30.5. The van der Waals surface area contributed by atoms with Crippen molar-refractivity contribution in [2.24, 2.45) is 5.73 Å². The second-order valence-electron chi connectivity index (χ2n) is 17.7. The van der Waals surface area contributed by atoms with Crippen LogP contribution in [0.3, 0.4) is 0 Å². The van der Waals surface area contributed by atoms with Crippen LogP contribution in [0.2, 0.25) is 0 Å². The number of hydrogen-bond acceptors (Lipinski definition) is 23. The molecular weight excluding hydrogens is 1040 g/mol. The molecule has 24 heteroatoms. The number of aryl methyl sites for hydroxylation is 1. The number of anilines is 12. The van der Waals surface area contributed by atoms with Crippen molar-refractivity contribution in [2.45, 2.75) is 54.1 Å². The largest absolute Gasteiger partial charge is 0.491 e. The van der Waals surface area contributed by atoms with Crippen LogP contribution >= 0.6 is 0 Å². The molecule has 0 spiro atoms. The van der Waals surface area contributed by atoms with Gasteiger partial charge in [0.25, 0.3) is 0 Å². The standard InChI is InChI=1S/C11H16N2O3.C10H15N3O2.C10H16N2O.C9H14N2O2.C9H14N2O.C8H13N3O/c1-8(15)7-16-11-3-2-9(6-10(11)12)13-4-5-14;1-7(14)13-4-5-15-10-3-2-8(11)6-9(10)12;1-6(2)13-10-8(11)4-7(3)5-9(10)12;1-12-4-5-13-9-3-2-7(10)6-8(9)11;1-2-5-12-9-4-3-7(10)6-8(9)11;9-3-4-12-8-2-1-6(10)5-7(8)11/h2-3,6,13-14H,4-5,7,12H2,1H3;2-3,6H,4-5,11-12H2,1H3,(H,13,14);4-6H,11-12H2,1-3H3;2-3,6H,4-5,10-11H2,1H3;3-4,6H,2,5,10-11H2,1H3;1-2,5H,3-4,9-11H2. The van der Waals surface area contributed by atoms with Crippen LogP contribution in [-0.4, -0.2) is 95.9 Å². The molecule has 0 unspecified atom stereocenters. The molecular formula is C57H88N14O10. The molecule has 0 bridgehead atoms. The van der Waals surface area contributed by atoms with E-state index in [-0.39, 0.29) is 31.0 Å². The van der Waals surface area contributed by atoms with E-state index in [1.807, 2.05) is 39.8 Å². The molecule has 6 aromatic carbocycles. The first-order valence-electron chi connectivity index (χ1n) is 25.7. The van der Waals surface area contributed by atoms with Gasteiger partial charge >= 0.3 is 0 Å². The minimum Gasteiger partial charge on any atom is -0.491 e. The van der Waals surface area contributed by atoms with E-state index >= 15 is 0 Å². The molecule has 0 saturated heterocycles. The molecule has 0 atom stereocenters. The molecule has 446 valence electrons. The van der Waals surface area contributed by atoms with Crippen LogP contribution in [0.25, 0.3) is 0 Å². The summed E-state index contributed by atoms with van der Waals surface area (Å²) < 4.78 is 36.8. The Morgan fingerprint density at radius 2 is 0.926 bits per heavy atom. The fraction of sp³-hybridized carbons (Fsp3) is 0.333. The van der Waals surface area contributed by atoms with Crippen LogP contribution < -0.4 is 108 Å². The third-order valence-corrected chi connectivity index (χ3v) is 9.78. The lowest BCUT2D eigenvalue weighted by Gasteiger charge is -2.14. The maximum atomic E-state index is 10.7. The van der Waals surface area contributed by atoms with Gasteiger partial charge in [-0.1, -0.05) is 6.92 Å². The minimum absolute atomic E-state index is 0.0214. The fourth-order valence-corrected chi connectivity index (χ4v) is 6.17. The number of ketones is 1. The molecule has 1 amide bonds. The minimum atomic E-state index is -0.0797. The van der Waals surface area contributed by atoms with E-state index in [0.717, 1.165) is 17.7 Å². The van der Waals surface area contributed by atoms with E-state index in [9.17, 15) is 9.59 Å². The van der Waals surface area contributed by atoms with Gasteiger partial charge in [0.1, 0.15) is 55.2 Å². The molecule has 0 aliphatic heterocycles. The van der Waals surface area contributed by atoms with E-state index in [1.165, 1.54) is 13.8 Å². The Bertz CT molecular complexity index is 2710. The number of amides is 1. The van der Waals surface area contributed by atoms with E-state index in [4.69, 9.17) is 107 Å². The first-order valence-corrected chi connectivity index (χ1v) is 25.7. The average molecular weight is 1130 g/mol. The monoisotopic (exact) mass is 1130 g/mol. The highest BCUT2D eigenvalue weighted by Crippen LogP contribution is 2.31. The summed E-state index contributed by atoms with van der Waals surface area (Å²) in [5.74, 6) is 3.53. The molecule has 0 aliphatic carbocycles. The highest BCUT2D eigenvalue weighted by molar-refractivity contribution is 5.77. The van der Waals surface area contributed by atoms with Crippen molar-refractivity contribution in [3.8, 4) is 34.5 Å². The predicted molar refractivity (Wildman–Crippen MR) is 331 cm³/mol. The van der Waals surface area contributed by atoms with Crippen molar-refractivity contribution in [3.63, 3.8) is 0 Å². The molecule has 0 saturated carbocycles. The quantitative estimate of drug-likeness (QED) is 0.0288. The highest BCUT2D eigenvalue weighted by Gasteiger charge is 2.09. The van der Waals surface area contributed by atoms with Crippen LogP contribution in [0.15, 0.2) is 103 Å². The lowest BCUT2D eigenvalue weighted by Crippen LogP contribution is -2.25. The number of aliphatic hydroxyl groups is 1. The van der Waals surface area contributed by atoms with Gasteiger partial charge in [0.15, 0.2) is 11.5 Å². The number of carbonyl (C=O) groups excluding carboxylic acids is 2. The van der Waals surface area contributed by atoms with Crippen molar-refractivity contribution in [3.05, 3.63) is 109 Å². The SMILES string of the molecule is CC(=O)COc1ccc(NCCO)cc1N.CC(=O)NCCOc1ccc(N)cc1N.CCCOc1ccc(N)cc1N.COCCOc1ccc(N)cc1N.Cc1cc(N)c(OC(C)C)c(N)c1.NCCOc1ccc(N)cc1N. The summed E-state index contributed by atoms with van der Waals surface area (Å²) >= 11 is 0. The Morgan fingerprint density at radius 1 is 0.519 bits per heavy atom. The zero-order chi connectivity index (χ0) is 60.9. The fourth-order valence-electron chi connectivity index (χ4n) is 6.17. The van der Waals surface area contributed by atoms with Crippen molar-refractivity contribution in [1.82, 2.24) is 5.32 Å². The topological polar surface area (TPSA) is 455 Å². The smallest absolute Gasteiger partial charge is 0.216 e. The van der Waals surface area contributed by atoms with Gasteiger partial charge in [0, 0.05) is 55.6 Å². The first-order chi connectivity index (χ1) is 38.4. The van der Waals surface area contributed by atoms with Gasteiger partial charge in [-0.3, -0.25) is 9.59 Å². The second-order valence-corrected chi connectivity index (χ2v) is 17.7. The normalized spacial score (nSPS) is 9.90. The predicted octanol–water partition coefficient (Wildman–Crippen LogP) is 5.66. The maximum Gasteiger partial charge on any atom is 0.216 e. The Morgan fingerprint density at radius 3 is 1.30 bits per heavy atom. The molecule has 27 N–H and O–H groups in total. The van der Waals surface area contributed by atoms with Gasteiger partial charge in [-0.2, -0.15) is 0 Å². The van der Waals surface area contributed by atoms with E-state index in [2.05, 4.69) is 10.6 Å².